The number of methoxy groups -OCH3 is 1. The third kappa shape index (κ3) is 4.29. The molecule has 0 fully saturated rings. The van der Waals surface area contributed by atoms with E-state index >= 15 is 0 Å². The Morgan fingerprint density at radius 1 is 1.35 bits per heavy atom. The van der Waals surface area contributed by atoms with Crippen molar-refractivity contribution in [2.45, 2.75) is 24.8 Å². The predicted octanol–water partition coefficient (Wildman–Crippen LogP) is 1.18. The third-order valence-corrected chi connectivity index (χ3v) is 4.16. The van der Waals surface area contributed by atoms with Crippen molar-refractivity contribution in [3.05, 3.63) is 29.8 Å². The van der Waals surface area contributed by atoms with Crippen molar-refractivity contribution in [1.29, 1.82) is 0 Å². The first-order chi connectivity index (χ1) is 9.42. The Hall–Kier alpha value is -1.44. The molecule has 6 nitrogen and oxygen atoms in total. The minimum atomic E-state index is -3.81. The summed E-state index contributed by atoms with van der Waals surface area (Å²) in [6, 6.07) is 5.50. The molecule has 112 valence electrons. The van der Waals surface area contributed by atoms with Crippen LogP contribution in [0.2, 0.25) is 0 Å². The lowest BCUT2D eigenvalue weighted by Gasteiger charge is -2.15. The van der Waals surface area contributed by atoms with Gasteiger partial charge >= 0.3 is 5.97 Å². The minimum absolute atomic E-state index is 0.00566. The Balaban J connectivity index is 3.01. The van der Waals surface area contributed by atoms with Gasteiger partial charge in [0.15, 0.2) is 0 Å². The average Bonchev–Trinajstić information content (AvgIpc) is 2.43. The molecule has 1 aromatic carbocycles. The van der Waals surface area contributed by atoms with Crippen molar-refractivity contribution >= 4 is 16.0 Å². The number of rotatable bonds is 7. The van der Waals surface area contributed by atoms with Crippen molar-refractivity contribution in [2.75, 3.05) is 20.3 Å². The molecule has 0 amide bonds. The van der Waals surface area contributed by atoms with Crippen LogP contribution in [0.15, 0.2) is 29.2 Å². The van der Waals surface area contributed by atoms with Crippen LogP contribution < -0.4 is 4.72 Å². The quantitative estimate of drug-likeness (QED) is 0.765. The normalized spacial score (nSPS) is 12.9. The summed E-state index contributed by atoms with van der Waals surface area (Å²) in [5.74, 6) is -0.691. The molecule has 0 aliphatic heterocycles. The molecule has 1 N–H and O–H groups in total. The van der Waals surface area contributed by atoms with Gasteiger partial charge in [0, 0.05) is 12.6 Å². The molecule has 0 bridgehead atoms. The van der Waals surface area contributed by atoms with E-state index in [-0.39, 0.29) is 17.1 Å². The summed E-state index contributed by atoms with van der Waals surface area (Å²) in [5, 5.41) is 0. The molecule has 1 rings (SSSR count). The highest BCUT2D eigenvalue weighted by atomic mass is 32.2. The number of hydrogen-bond donors (Lipinski definition) is 1. The fraction of sp³-hybridized carbons (Fsp3) is 0.462. The van der Waals surface area contributed by atoms with Crippen molar-refractivity contribution in [2.24, 2.45) is 0 Å². The Kier molecular flexibility index (Phi) is 6.12. The summed E-state index contributed by atoms with van der Waals surface area (Å²) in [5.41, 5.74) is 0.00566. The molecule has 0 radical (unpaired) electrons. The highest BCUT2D eigenvalue weighted by Crippen LogP contribution is 2.16. The van der Waals surface area contributed by atoms with Crippen LogP contribution in [0.25, 0.3) is 0 Å². The second-order valence-corrected chi connectivity index (χ2v) is 5.85. The summed E-state index contributed by atoms with van der Waals surface area (Å²) < 4.78 is 36.8. The highest BCUT2D eigenvalue weighted by molar-refractivity contribution is 7.89. The van der Waals surface area contributed by atoms with E-state index in [4.69, 9.17) is 4.74 Å². The molecule has 0 saturated carbocycles. The third-order valence-electron chi connectivity index (χ3n) is 2.51. The smallest absolute Gasteiger partial charge is 0.339 e. The van der Waals surface area contributed by atoms with E-state index in [1.807, 2.05) is 6.92 Å². The maximum atomic E-state index is 12.3. The molecular weight excluding hydrogens is 282 g/mol. The summed E-state index contributed by atoms with van der Waals surface area (Å²) in [6.07, 6.45) is 0. The van der Waals surface area contributed by atoms with E-state index in [9.17, 15) is 13.2 Å². The summed E-state index contributed by atoms with van der Waals surface area (Å²) in [7, 11) is -2.60. The average molecular weight is 301 g/mol. The number of sulfonamides is 1. The summed E-state index contributed by atoms with van der Waals surface area (Å²) in [4.78, 5) is 11.5. The number of carbonyl (C=O) groups excluding carboxylic acids is 1. The van der Waals surface area contributed by atoms with Gasteiger partial charge < -0.3 is 9.47 Å². The van der Waals surface area contributed by atoms with Gasteiger partial charge in [-0.25, -0.2) is 17.9 Å². The fourth-order valence-electron chi connectivity index (χ4n) is 1.64. The van der Waals surface area contributed by atoms with Crippen LogP contribution in [0.3, 0.4) is 0 Å². The van der Waals surface area contributed by atoms with E-state index in [1.165, 1.54) is 19.2 Å². The van der Waals surface area contributed by atoms with Crippen LogP contribution in [0, 0.1) is 0 Å². The van der Waals surface area contributed by atoms with Gasteiger partial charge in [-0.15, -0.1) is 0 Å². The second-order valence-electron chi connectivity index (χ2n) is 4.17. The van der Waals surface area contributed by atoms with E-state index < -0.39 is 22.0 Å². The number of esters is 1. The minimum Gasteiger partial charge on any atom is -0.465 e. The molecule has 1 unspecified atom stereocenters. The predicted molar refractivity (Wildman–Crippen MR) is 74.1 cm³/mol. The van der Waals surface area contributed by atoms with Gasteiger partial charge in [0.25, 0.3) is 0 Å². The summed E-state index contributed by atoms with van der Waals surface area (Å²) in [6.45, 7) is 4.28. The first-order valence-electron chi connectivity index (χ1n) is 6.19. The van der Waals surface area contributed by atoms with Gasteiger partial charge in [-0.1, -0.05) is 12.1 Å². The van der Waals surface area contributed by atoms with Gasteiger partial charge in [-0.2, -0.15) is 0 Å². The number of nitrogens with one attached hydrogen (secondary N) is 1. The van der Waals surface area contributed by atoms with Crippen molar-refractivity contribution < 1.29 is 22.7 Å². The largest absolute Gasteiger partial charge is 0.465 e. The molecular formula is C13H19NO5S. The van der Waals surface area contributed by atoms with Gasteiger partial charge in [0.2, 0.25) is 10.0 Å². The highest BCUT2D eigenvalue weighted by Gasteiger charge is 2.24. The van der Waals surface area contributed by atoms with E-state index in [0.717, 1.165) is 0 Å². The molecule has 0 aliphatic rings. The zero-order valence-corrected chi connectivity index (χ0v) is 12.6. The SMILES string of the molecule is CCOCC(C)NS(=O)(=O)c1ccccc1C(=O)OC. The molecule has 0 aliphatic carbocycles. The van der Waals surface area contributed by atoms with Crippen LogP contribution in [0.4, 0.5) is 0 Å². The van der Waals surface area contributed by atoms with E-state index in [1.54, 1.807) is 19.1 Å². The van der Waals surface area contributed by atoms with Crippen LogP contribution in [-0.4, -0.2) is 40.8 Å². The Bertz CT molecular complexity index is 556. The molecule has 0 heterocycles. The second kappa shape index (κ2) is 7.37. The van der Waals surface area contributed by atoms with Crippen molar-refractivity contribution in [3.63, 3.8) is 0 Å². The van der Waals surface area contributed by atoms with Gasteiger partial charge in [0.1, 0.15) is 0 Å². The van der Waals surface area contributed by atoms with Crippen molar-refractivity contribution in [3.8, 4) is 0 Å². The van der Waals surface area contributed by atoms with Gasteiger partial charge in [-0.05, 0) is 26.0 Å². The van der Waals surface area contributed by atoms with Gasteiger partial charge in [-0.3, -0.25) is 0 Å². The summed E-state index contributed by atoms with van der Waals surface area (Å²) >= 11 is 0. The van der Waals surface area contributed by atoms with Gasteiger partial charge in [0.05, 0.1) is 24.2 Å². The first kappa shape index (κ1) is 16.6. The number of ether oxygens (including phenoxy) is 2. The Labute approximate surface area is 119 Å². The molecule has 0 aromatic heterocycles. The Morgan fingerprint density at radius 2 is 2.00 bits per heavy atom. The Morgan fingerprint density at radius 3 is 2.60 bits per heavy atom. The molecule has 1 atom stereocenters. The first-order valence-corrected chi connectivity index (χ1v) is 7.68. The maximum Gasteiger partial charge on any atom is 0.339 e. The molecule has 1 aromatic rings. The topological polar surface area (TPSA) is 81.7 Å². The molecule has 0 spiro atoms. The molecule has 0 saturated heterocycles. The van der Waals surface area contributed by atoms with Crippen LogP contribution >= 0.6 is 0 Å². The van der Waals surface area contributed by atoms with E-state index in [0.29, 0.717) is 6.61 Å². The maximum absolute atomic E-state index is 12.3. The standard InChI is InChI=1S/C13H19NO5S/c1-4-19-9-10(2)14-20(16,17)12-8-6-5-7-11(12)13(15)18-3/h5-8,10,14H,4,9H2,1-3H3. The number of benzene rings is 1. The monoisotopic (exact) mass is 301 g/mol. The fourth-order valence-corrected chi connectivity index (χ4v) is 3.06. The zero-order valence-electron chi connectivity index (χ0n) is 11.8. The van der Waals surface area contributed by atoms with Crippen molar-refractivity contribution in [1.82, 2.24) is 4.72 Å². The van der Waals surface area contributed by atoms with Crippen LogP contribution in [0.1, 0.15) is 24.2 Å². The van der Waals surface area contributed by atoms with Crippen LogP contribution in [-0.2, 0) is 19.5 Å². The lowest BCUT2D eigenvalue weighted by molar-refractivity contribution is 0.0596. The zero-order chi connectivity index (χ0) is 15.2. The lowest BCUT2D eigenvalue weighted by atomic mass is 10.2. The van der Waals surface area contributed by atoms with E-state index in [2.05, 4.69) is 9.46 Å². The molecule has 20 heavy (non-hydrogen) atoms. The number of hydrogen-bond acceptors (Lipinski definition) is 5. The molecule has 7 heteroatoms. The number of carbonyl (C=O) groups is 1. The van der Waals surface area contributed by atoms with Crippen LogP contribution in [0.5, 0.6) is 0 Å². The lowest BCUT2D eigenvalue weighted by Crippen LogP contribution is -2.36.